The van der Waals surface area contributed by atoms with Gasteiger partial charge >= 0.3 is 0 Å². The average Bonchev–Trinajstić information content (AvgIpc) is 3.16. The van der Waals surface area contributed by atoms with E-state index >= 15 is 0 Å². The van der Waals surface area contributed by atoms with Gasteiger partial charge < -0.3 is 25.5 Å². The van der Waals surface area contributed by atoms with E-state index in [1.807, 2.05) is 36.4 Å². The number of imidazole rings is 1. The van der Waals surface area contributed by atoms with Gasteiger partial charge in [0, 0.05) is 11.8 Å². The zero-order valence-corrected chi connectivity index (χ0v) is 14.7. The van der Waals surface area contributed by atoms with Crippen molar-refractivity contribution in [1.82, 2.24) is 9.97 Å². The van der Waals surface area contributed by atoms with Gasteiger partial charge in [-0.2, -0.15) is 0 Å². The third kappa shape index (κ3) is 4.13. The fraction of sp³-hybridized carbons (Fsp3) is 0.158. The van der Waals surface area contributed by atoms with Crippen molar-refractivity contribution >= 4 is 11.6 Å². The molecule has 0 saturated carbocycles. The van der Waals surface area contributed by atoms with Crippen molar-refractivity contribution in [3.63, 3.8) is 0 Å². The standard InChI is InChI=1S/C19H21N5O2/c1-25-16-9-8-14(10-17(16)26-2)23-19(20)22-12-18-21-11-15(24-18)13-6-4-3-5-7-13/h3-11H,12H2,1-2H3,(H,21,24)(H3,20,22,23). The number of nitrogens with two attached hydrogens (primary N) is 1. The lowest BCUT2D eigenvalue weighted by molar-refractivity contribution is 0.355. The van der Waals surface area contributed by atoms with Crippen molar-refractivity contribution in [2.45, 2.75) is 6.54 Å². The molecule has 0 fully saturated rings. The maximum atomic E-state index is 5.96. The van der Waals surface area contributed by atoms with Gasteiger partial charge in [0.05, 0.1) is 26.1 Å². The fourth-order valence-corrected chi connectivity index (χ4v) is 2.47. The molecule has 134 valence electrons. The summed E-state index contributed by atoms with van der Waals surface area (Å²) in [6.07, 6.45) is 1.79. The second-order valence-electron chi connectivity index (χ2n) is 5.51. The molecule has 0 amide bonds. The van der Waals surface area contributed by atoms with Crippen molar-refractivity contribution in [2.24, 2.45) is 10.7 Å². The topological polar surface area (TPSA) is 97.5 Å². The molecule has 0 radical (unpaired) electrons. The summed E-state index contributed by atoms with van der Waals surface area (Å²) in [4.78, 5) is 11.9. The van der Waals surface area contributed by atoms with E-state index in [9.17, 15) is 0 Å². The second kappa shape index (κ2) is 8.06. The molecule has 3 aromatic rings. The van der Waals surface area contributed by atoms with Crippen LogP contribution in [0.5, 0.6) is 11.5 Å². The maximum absolute atomic E-state index is 5.96. The summed E-state index contributed by atoms with van der Waals surface area (Å²) in [7, 11) is 3.17. The van der Waals surface area contributed by atoms with Crippen LogP contribution in [-0.2, 0) is 6.54 Å². The zero-order chi connectivity index (χ0) is 18.4. The molecule has 7 heteroatoms. The Balaban J connectivity index is 1.65. The molecule has 0 saturated heterocycles. The molecule has 0 bridgehead atoms. The first-order valence-electron chi connectivity index (χ1n) is 8.08. The zero-order valence-electron chi connectivity index (χ0n) is 14.7. The molecular weight excluding hydrogens is 330 g/mol. The Hall–Kier alpha value is -3.48. The number of anilines is 1. The van der Waals surface area contributed by atoms with Crippen LogP contribution in [0.1, 0.15) is 5.82 Å². The Kier molecular flexibility index (Phi) is 5.38. The van der Waals surface area contributed by atoms with Crippen LogP contribution >= 0.6 is 0 Å². The Bertz CT molecular complexity index is 890. The molecule has 3 rings (SSSR count). The monoisotopic (exact) mass is 351 g/mol. The van der Waals surface area contributed by atoms with Crippen LogP contribution in [-0.4, -0.2) is 30.1 Å². The second-order valence-corrected chi connectivity index (χ2v) is 5.51. The van der Waals surface area contributed by atoms with Crippen molar-refractivity contribution in [1.29, 1.82) is 0 Å². The van der Waals surface area contributed by atoms with Crippen LogP contribution in [0.4, 0.5) is 5.69 Å². The first kappa shape index (κ1) is 17.3. The van der Waals surface area contributed by atoms with E-state index in [1.165, 1.54) is 0 Å². The molecule has 0 aliphatic heterocycles. The van der Waals surface area contributed by atoms with Gasteiger partial charge in [0.15, 0.2) is 17.5 Å². The average molecular weight is 351 g/mol. The van der Waals surface area contributed by atoms with E-state index in [0.717, 1.165) is 22.8 Å². The number of guanidine groups is 1. The number of nitrogens with zero attached hydrogens (tertiary/aromatic N) is 2. The predicted molar refractivity (Wildman–Crippen MR) is 103 cm³/mol. The highest BCUT2D eigenvalue weighted by Crippen LogP contribution is 2.29. The maximum Gasteiger partial charge on any atom is 0.193 e. The minimum absolute atomic E-state index is 0.287. The predicted octanol–water partition coefficient (Wildman–Crippen LogP) is 3.02. The van der Waals surface area contributed by atoms with Gasteiger partial charge in [-0.25, -0.2) is 9.98 Å². The highest BCUT2D eigenvalue weighted by molar-refractivity contribution is 5.92. The molecular formula is C19H21N5O2. The molecule has 1 aromatic heterocycles. The van der Waals surface area contributed by atoms with Gasteiger partial charge in [-0.15, -0.1) is 0 Å². The van der Waals surface area contributed by atoms with E-state index in [-0.39, 0.29) is 5.96 Å². The number of benzene rings is 2. The van der Waals surface area contributed by atoms with Crippen molar-refractivity contribution in [3.05, 3.63) is 60.6 Å². The molecule has 4 N–H and O–H groups in total. The first-order chi connectivity index (χ1) is 12.7. The van der Waals surface area contributed by atoms with Crippen LogP contribution in [0, 0.1) is 0 Å². The van der Waals surface area contributed by atoms with Crippen molar-refractivity contribution in [3.8, 4) is 22.8 Å². The highest BCUT2D eigenvalue weighted by Gasteiger charge is 2.06. The van der Waals surface area contributed by atoms with Crippen molar-refractivity contribution < 1.29 is 9.47 Å². The number of rotatable bonds is 6. The minimum Gasteiger partial charge on any atom is -0.493 e. The SMILES string of the molecule is COc1ccc(NC(N)=NCc2ncc(-c3ccccc3)[nH]2)cc1OC. The molecule has 26 heavy (non-hydrogen) atoms. The Morgan fingerprint density at radius 1 is 1.12 bits per heavy atom. The van der Waals surface area contributed by atoms with Crippen LogP contribution in [0.3, 0.4) is 0 Å². The van der Waals surface area contributed by atoms with Gasteiger partial charge in [0.2, 0.25) is 0 Å². The molecule has 0 aliphatic carbocycles. The molecule has 1 heterocycles. The number of hydrogen-bond acceptors (Lipinski definition) is 4. The summed E-state index contributed by atoms with van der Waals surface area (Å²) in [5.74, 6) is 2.29. The molecule has 0 aliphatic rings. The molecule has 0 atom stereocenters. The molecule has 7 nitrogen and oxygen atoms in total. The number of aromatic nitrogens is 2. The van der Waals surface area contributed by atoms with Gasteiger partial charge in [0.25, 0.3) is 0 Å². The summed E-state index contributed by atoms with van der Waals surface area (Å²) in [5, 5.41) is 3.03. The molecule has 2 aromatic carbocycles. The van der Waals surface area contributed by atoms with Crippen LogP contribution < -0.4 is 20.5 Å². The largest absolute Gasteiger partial charge is 0.493 e. The van der Waals surface area contributed by atoms with Crippen molar-refractivity contribution in [2.75, 3.05) is 19.5 Å². The molecule has 0 unspecified atom stereocenters. The summed E-state index contributed by atoms with van der Waals surface area (Å²) in [6, 6.07) is 15.4. The van der Waals surface area contributed by atoms with E-state index < -0.39 is 0 Å². The summed E-state index contributed by atoms with van der Waals surface area (Å²) >= 11 is 0. The number of H-pyrrole nitrogens is 1. The van der Waals surface area contributed by atoms with E-state index in [4.69, 9.17) is 15.2 Å². The minimum atomic E-state index is 0.287. The van der Waals surface area contributed by atoms with Crippen LogP contribution in [0.25, 0.3) is 11.3 Å². The lowest BCUT2D eigenvalue weighted by Crippen LogP contribution is -2.22. The van der Waals surface area contributed by atoms with E-state index in [1.54, 1.807) is 32.5 Å². The number of aromatic amines is 1. The van der Waals surface area contributed by atoms with E-state index in [0.29, 0.717) is 18.0 Å². The Morgan fingerprint density at radius 3 is 2.62 bits per heavy atom. The lowest BCUT2D eigenvalue weighted by atomic mass is 10.2. The van der Waals surface area contributed by atoms with Gasteiger partial charge in [-0.3, -0.25) is 0 Å². The summed E-state index contributed by atoms with van der Waals surface area (Å²) in [6.45, 7) is 0.346. The smallest absolute Gasteiger partial charge is 0.193 e. The Morgan fingerprint density at radius 2 is 1.88 bits per heavy atom. The molecule has 0 spiro atoms. The number of hydrogen-bond donors (Lipinski definition) is 3. The summed E-state index contributed by atoms with van der Waals surface area (Å²) < 4.78 is 10.5. The number of ether oxygens (including phenoxy) is 2. The van der Waals surface area contributed by atoms with E-state index in [2.05, 4.69) is 20.3 Å². The third-order valence-electron chi connectivity index (χ3n) is 3.77. The quantitative estimate of drug-likeness (QED) is 0.468. The van der Waals surface area contributed by atoms with Gasteiger partial charge in [-0.05, 0) is 17.7 Å². The van der Waals surface area contributed by atoms with Crippen LogP contribution in [0.15, 0.2) is 59.7 Å². The number of nitrogens with one attached hydrogen (secondary N) is 2. The first-order valence-corrected chi connectivity index (χ1v) is 8.08. The highest BCUT2D eigenvalue weighted by atomic mass is 16.5. The van der Waals surface area contributed by atoms with Crippen LogP contribution in [0.2, 0.25) is 0 Å². The number of methoxy groups -OCH3 is 2. The third-order valence-corrected chi connectivity index (χ3v) is 3.77. The van der Waals surface area contributed by atoms with Gasteiger partial charge in [-0.1, -0.05) is 30.3 Å². The Labute approximate surface area is 151 Å². The van der Waals surface area contributed by atoms with Gasteiger partial charge in [0.1, 0.15) is 12.4 Å². The summed E-state index contributed by atoms with van der Waals surface area (Å²) in [5.41, 5.74) is 8.74. The normalized spacial score (nSPS) is 11.2. The number of aliphatic imine (C=N–C) groups is 1. The lowest BCUT2D eigenvalue weighted by Gasteiger charge is -2.10. The fourth-order valence-electron chi connectivity index (χ4n) is 2.47.